The second-order valence-electron chi connectivity index (χ2n) is 8.08. The van der Waals surface area contributed by atoms with Crippen molar-refractivity contribution in [3.63, 3.8) is 0 Å². The number of rotatable bonds is 6. The minimum absolute atomic E-state index is 0.0726. The molecule has 2 aromatic rings. The largest absolute Gasteiger partial charge is 0.481 e. The van der Waals surface area contributed by atoms with Crippen LogP contribution in [0.5, 0.6) is 5.75 Å². The van der Waals surface area contributed by atoms with Gasteiger partial charge in [-0.25, -0.2) is 0 Å². The molecule has 0 aliphatic heterocycles. The third kappa shape index (κ3) is 5.33. The van der Waals surface area contributed by atoms with E-state index >= 15 is 0 Å². The van der Waals surface area contributed by atoms with Crippen LogP contribution in [-0.4, -0.2) is 35.1 Å². The fourth-order valence-electron chi connectivity index (χ4n) is 2.92. The summed E-state index contributed by atoms with van der Waals surface area (Å²) in [7, 11) is 1.70. The normalized spacial score (nSPS) is 14.9. The van der Waals surface area contributed by atoms with E-state index in [0.29, 0.717) is 5.75 Å². The van der Waals surface area contributed by atoms with Gasteiger partial charge in [-0.3, -0.25) is 4.79 Å². The minimum atomic E-state index is -0.751. The highest BCUT2D eigenvalue weighted by molar-refractivity contribution is 5.81. The Morgan fingerprint density at radius 3 is 2.07 bits per heavy atom. The second-order valence-corrected chi connectivity index (χ2v) is 8.08. The van der Waals surface area contributed by atoms with Crippen LogP contribution < -0.4 is 4.74 Å². The summed E-state index contributed by atoms with van der Waals surface area (Å²) >= 11 is 0. The van der Waals surface area contributed by atoms with E-state index < -0.39 is 12.2 Å². The maximum atomic E-state index is 12.7. The van der Waals surface area contributed by atoms with Crippen LogP contribution in [0, 0.1) is 0 Å². The van der Waals surface area contributed by atoms with E-state index in [2.05, 4.69) is 20.8 Å². The molecule has 0 aliphatic carbocycles. The smallest absolute Gasteiger partial charge is 0.263 e. The molecule has 3 unspecified atom stereocenters. The number of ether oxygens (including phenoxy) is 1. The monoisotopic (exact) mass is 369 g/mol. The zero-order valence-corrected chi connectivity index (χ0v) is 17.1. The number of carbonyl (C=O) groups is 1. The highest BCUT2D eigenvalue weighted by Crippen LogP contribution is 2.25. The van der Waals surface area contributed by atoms with Crippen LogP contribution in [0.15, 0.2) is 54.6 Å². The Labute approximate surface area is 162 Å². The number of aliphatic hydroxyl groups excluding tert-OH is 1. The Bertz CT molecular complexity index is 734. The molecule has 1 N–H and O–H groups in total. The topological polar surface area (TPSA) is 49.8 Å². The summed E-state index contributed by atoms with van der Waals surface area (Å²) < 4.78 is 5.83. The molecule has 2 aromatic carbocycles. The molecule has 0 heterocycles. The van der Waals surface area contributed by atoms with Gasteiger partial charge in [-0.1, -0.05) is 63.2 Å². The number of likely N-dealkylation sites (N-methyl/N-ethyl adjacent to an activating group) is 1. The van der Waals surface area contributed by atoms with Gasteiger partial charge in [0.15, 0.2) is 6.10 Å². The van der Waals surface area contributed by atoms with Crippen molar-refractivity contribution in [3.8, 4) is 5.75 Å². The van der Waals surface area contributed by atoms with E-state index in [1.807, 2.05) is 61.5 Å². The van der Waals surface area contributed by atoms with Crippen molar-refractivity contribution in [3.05, 3.63) is 65.7 Å². The van der Waals surface area contributed by atoms with Crippen molar-refractivity contribution < 1.29 is 14.6 Å². The maximum Gasteiger partial charge on any atom is 0.263 e. The fourth-order valence-corrected chi connectivity index (χ4v) is 2.92. The van der Waals surface area contributed by atoms with Crippen molar-refractivity contribution in [2.24, 2.45) is 0 Å². The van der Waals surface area contributed by atoms with Crippen LogP contribution in [0.2, 0.25) is 0 Å². The van der Waals surface area contributed by atoms with E-state index in [9.17, 15) is 9.90 Å². The van der Waals surface area contributed by atoms with Crippen LogP contribution in [0.25, 0.3) is 0 Å². The van der Waals surface area contributed by atoms with Gasteiger partial charge in [0.05, 0.1) is 12.1 Å². The van der Waals surface area contributed by atoms with Crippen molar-refractivity contribution in [1.82, 2.24) is 4.90 Å². The number of aliphatic hydroxyl groups is 1. The zero-order chi connectivity index (χ0) is 20.2. The van der Waals surface area contributed by atoms with Gasteiger partial charge >= 0.3 is 0 Å². The Balaban J connectivity index is 2.01. The van der Waals surface area contributed by atoms with Crippen molar-refractivity contribution in [2.75, 3.05) is 7.05 Å². The molecule has 146 valence electrons. The van der Waals surface area contributed by atoms with E-state index in [1.54, 1.807) is 18.9 Å². The van der Waals surface area contributed by atoms with E-state index in [0.717, 1.165) is 5.56 Å². The molecule has 0 bridgehead atoms. The Hall–Kier alpha value is -2.33. The summed E-state index contributed by atoms with van der Waals surface area (Å²) in [5, 5.41) is 10.6. The van der Waals surface area contributed by atoms with Gasteiger partial charge < -0.3 is 14.7 Å². The molecular weight excluding hydrogens is 338 g/mol. The summed E-state index contributed by atoms with van der Waals surface area (Å²) in [4.78, 5) is 14.3. The Morgan fingerprint density at radius 2 is 1.56 bits per heavy atom. The fraction of sp³-hybridized carbons (Fsp3) is 0.435. The quantitative estimate of drug-likeness (QED) is 0.824. The molecule has 3 atom stereocenters. The van der Waals surface area contributed by atoms with Crippen LogP contribution in [-0.2, 0) is 10.2 Å². The maximum absolute atomic E-state index is 12.7. The third-order valence-corrected chi connectivity index (χ3v) is 4.94. The molecule has 0 aliphatic rings. The minimum Gasteiger partial charge on any atom is -0.481 e. The molecule has 27 heavy (non-hydrogen) atoms. The Morgan fingerprint density at radius 1 is 1.00 bits per heavy atom. The van der Waals surface area contributed by atoms with Gasteiger partial charge in [-0.05, 0) is 42.5 Å². The first-order chi connectivity index (χ1) is 12.6. The first-order valence-electron chi connectivity index (χ1n) is 9.38. The van der Waals surface area contributed by atoms with E-state index in [-0.39, 0.29) is 17.4 Å². The van der Waals surface area contributed by atoms with Gasteiger partial charge in [0.2, 0.25) is 0 Å². The predicted octanol–water partition coefficient (Wildman–Crippen LogP) is 4.33. The summed E-state index contributed by atoms with van der Waals surface area (Å²) in [6.45, 7) is 10.0. The molecule has 0 spiro atoms. The summed E-state index contributed by atoms with van der Waals surface area (Å²) in [6, 6.07) is 16.8. The number of amides is 1. The lowest BCUT2D eigenvalue weighted by molar-refractivity contribution is -0.140. The van der Waals surface area contributed by atoms with Crippen LogP contribution in [0.3, 0.4) is 0 Å². The first-order valence-corrected chi connectivity index (χ1v) is 9.38. The molecular formula is C23H31NO3. The van der Waals surface area contributed by atoms with Gasteiger partial charge in [0.1, 0.15) is 5.75 Å². The van der Waals surface area contributed by atoms with Crippen molar-refractivity contribution >= 4 is 5.91 Å². The SMILES string of the molecule is CC(Oc1ccc(C(C)(C)C)cc1)C(=O)N(C)C(C)C(O)c1ccccc1. The van der Waals surface area contributed by atoms with Crippen LogP contribution >= 0.6 is 0 Å². The van der Waals surface area contributed by atoms with Crippen molar-refractivity contribution in [1.29, 1.82) is 0 Å². The average Bonchev–Trinajstić information content (AvgIpc) is 2.66. The average molecular weight is 370 g/mol. The second kappa shape index (κ2) is 8.57. The number of hydrogen-bond acceptors (Lipinski definition) is 3. The number of hydrogen-bond donors (Lipinski definition) is 1. The molecule has 0 saturated heterocycles. The van der Waals surface area contributed by atoms with Gasteiger partial charge in [-0.2, -0.15) is 0 Å². The lowest BCUT2D eigenvalue weighted by Crippen LogP contribution is -2.45. The highest BCUT2D eigenvalue weighted by Gasteiger charge is 2.28. The molecule has 4 heteroatoms. The predicted molar refractivity (Wildman–Crippen MR) is 109 cm³/mol. The highest BCUT2D eigenvalue weighted by atomic mass is 16.5. The van der Waals surface area contributed by atoms with Crippen molar-refractivity contribution in [2.45, 2.75) is 58.3 Å². The first kappa shape index (κ1) is 21.0. The number of nitrogens with zero attached hydrogens (tertiary/aromatic N) is 1. The summed E-state index contributed by atoms with van der Waals surface area (Å²) in [6.07, 6.45) is -1.39. The van der Waals surface area contributed by atoms with E-state index in [4.69, 9.17) is 4.74 Å². The zero-order valence-electron chi connectivity index (χ0n) is 17.1. The standard InChI is InChI=1S/C23H31NO3/c1-16(21(25)18-10-8-7-9-11-18)24(6)22(26)17(2)27-20-14-12-19(13-15-20)23(3,4)5/h7-17,21,25H,1-6H3. The molecule has 1 amide bonds. The molecule has 0 fully saturated rings. The van der Waals surface area contributed by atoms with Crippen LogP contribution in [0.1, 0.15) is 51.8 Å². The lowest BCUT2D eigenvalue weighted by atomic mass is 9.87. The van der Waals surface area contributed by atoms with Crippen LogP contribution in [0.4, 0.5) is 0 Å². The molecule has 2 rings (SSSR count). The van der Waals surface area contributed by atoms with E-state index in [1.165, 1.54) is 5.56 Å². The van der Waals surface area contributed by atoms with Gasteiger partial charge in [-0.15, -0.1) is 0 Å². The number of carbonyl (C=O) groups excluding carboxylic acids is 1. The molecule has 0 saturated carbocycles. The summed E-state index contributed by atoms with van der Waals surface area (Å²) in [5.74, 6) is 0.492. The Kier molecular flexibility index (Phi) is 6.66. The third-order valence-electron chi connectivity index (χ3n) is 4.94. The number of benzene rings is 2. The van der Waals surface area contributed by atoms with Gasteiger partial charge in [0, 0.05) is 7.05 Å². The molecule has 0 radical (unpaired) electrons. The molecule has 4 nitrogen and oxygen atoms in total. The van der Waals surface area contributed by atoms with Gasteiger partial charge in [0.25, 0.3) is 5.91 Å². The lowest BCUT2D eigenvalue weighted by Gasteiger charge is -2.31. The molecule has 0 aromatic heterocycles. The summed E-state index contributed by atoms with van der Waals surface area (Å²) in [5.41, 5.74) is 2.07.